The van der Waals surface area contributed by atoms with Crippen molar-refractivity contribution in [2.75, 3.05) is 0 Å². The van der Waals surface area contributed by atoms with Gasteiger partial charge in [0.1, 0.15) is 17.5 Å². The topological polar surface area (TPSA) is 61.2 Å². The molecule has 25 heavy (non-hydrogen) atoms. The molecule has 0 aromatic carbocycles. The summed E-state index contributed by atoms with van der Waals surface area (Å²) in [5.74, 6) is 0.274. The second-order valence-electron chi connectivity index (χ2n) is 7.45. The Labute approximate surface area is 151 Å². The zero-order valence-electron chi connectivity index (χ0n) is 14.6. The lowest BCUT2D eigenvalue weighted by molar-refractivity contribution is -0.152. The fourth-order valence-corrected chi connectivity index (χ4v) is 5.36. The highest BCUT2D eigenvalue weighted by molar-refractivity contribution is 7.18. The van der Waals surface area contributed by atoms with Gasteiger partial charge >= 0.3 is 5.97 Å². The van der Waals surface area contributed by atoms with Crippen LogP contribution in [0.1, 0.15) is 55.9 Å². The van der Waals surface area contributed by atoms with E-state index in [1.165, 1.54) is 28.6 Å². The van der Waals surface area contributed by atoms with Crippen molar-refractivity contribution >= 4 is 27.5 Å². The van der Waals surface area contributed by atoms with Crippen molar-refractivity contribution < 1.29 is 9.53 Å². The van der Waals surface area contributed by atoms with Gasteiger partial charge in [0.15, 0.2) is 0 Å². The van der Waals surface area contributed by atoms with Crippen LogP contribution in [0.25, 0.3) is 10.2 Å². The highest BCUT2D eigenvalue weighted by atomic mass is 32.1. The van der Waals surface area contributed by atoms with Crippen LogP contribution in [0.2, 0.25) is 0 Å². The fraction of sp³-hybridized carbons (Fsp3) is 0.632. The maximum atomic E-state index is 12.9. The van der Waals surface area contributed by atoms with Gasteiger partial charge in [0.05, 0.1) is 11.7 Å². The highest BCUT2D eigenvalue weighted by Crippen LogP contribution is 2.33. The molecule has 0 unspecified atom stereocenters. The number of aromatic nitrogens is 2. The van der Waals surface area contributed by atoms with Crippen LogP contribution < -0.4 is 5.56 Å². The summed E-state index contributed by atoms with van der Waals surface area (Å²) in [6.45, 7) is 2.15. The first-order valence-corrected chi connectivity index (χ1v) is 10.1. The summed E-state index contributed by atoms with van der Waals surface area (Å²) < 4.78 is 7.02. The normalized spacial score (nSPS) is 23.4. The first-order chi connectivity index (χ1) is 12.1. The van der Waals surface area contributed by atoms with Gasteiger partial charge in [0.2, 0.25) is 0 Å². The number of rotatable bonds is 3. The lowest BCUT2D eigenvalue weighted by atomic mass is 9.89. The Morgan fingerprint density at radius 2 is 2.16 bits per heavy atom. The van der Waals surface area contributed by atoms with E-state index in [0.717, 1.165) is 54.3 Å². The number of nitrogens with zero attached hydrogens (tertiary/aromatic N) is 2. The number of hydrogen-bond donors (Lipinski definition) is 0. The molecule has 1 fully saturated rings. The van der Waals surface area contributed by atoms with Gasteiger partial charge in [-0.15, -0.1) is 11.3 Å². The zero-order valence-corrected chi connectivity index (χ0v) is 15.4. The number of hydrogen-bond acceptors (Lipinski definition) is 5. The number of aryl methyl sites for hydroxylation is 2. The van der Waals surface area contributed by atoms with Crippen molar-refractivity contribution in [3.8, 4) is 0 Å². The summed E-state index contributed by atoms with van der Waals surface area (Å²) in [6.07, 6.45) is 9.95. The Bertz CT molecular complexity index is 854. The number of thiophene rings is 1. The summed E-state index contributed by atoms with van der Waals surface area (Å²) in [5, 5.41) is 0.723. The minimum atomic E-state index is -0.327. The smallest absolute Gasteiger partial charge is 0.326 e. The molecule has 0 saturated heterocycles. The lowest BCUT2D eigenvalue weighted by Gasteiger charge is -2.26. The maximum absolute atomic E-state index is 12.9. The summed E-state index contributed by atoms with van der Waals surface area (Å²) in [7, 11) is 0. The van der Waals surface area contributed by atoms with Crippen LogP contribution in [-0.2, 0) is 28.9 Å². The third kappa shape index (κ3) is 3.36. The summed E-state index contributed by atoms with van der Waals surface area (Å²) in [6, 6.07) is 0. The van der Waals surface area contributed by atoms with Crippen molar-refractivity contribution in [2.45, 2.75) is 70.9 Å². The first-order valence-electron chi connectivity index (χ1n) is 9.31. The SMILES string of the molecule is C[C@@H]1CCC[C@H](OC(=O)Cn2cnc3sc4c(c3c2=O)CCCC4)C1. The van der Waals surface area contributed by atoms with E-state index >= 15 is 0 Å². The molecule has 0 N–H and O–H groups in total. The fourth-order valence-electron chi connectivity index (χ4n) is 4.14. The summed E-state index contributed by atoms with van der Waals surface area (Å²) in [5.41, 5.74) is 1.06. The quantitative estimate of drug-likeness (QED) is 0.787. The highest BCUT2D eigenvalue weighted by Gasteiger charge is 2.24. The Balaban J connectivity index is 1.54. The van der Waals surface area contributed by atoms with Crippen LogP contribution in [0.15, 0.2) is 11.1 Å². The van der Waals surface area contributed by atoms with Crippen LogP contribution in [0, 0.1) is 5.92 Å². The van der Waals surface area contributed by atoms with Crippen molar-refractivity contribution in [3.63, 3.8) is 0 Å². The molecule has 2 heterocycles. The van der Waals surface area contributed by atoms with E-state index in [2.05, 4.69) is 11.9 Å². The zero-order chi connectivity index (χ0) is 17.4. The van der Waals surface area contributed by atoms with Gasteiger partial charge in [0, 0.05) is 4.88 Å². The molecule has 6 heteroatoms. The van der Waals surface area contributed by atoms with E-state index in [1.807, 2.05) is 0 Å². The first kappa shape index (κ1) is 16.8. The minimum Gasteiger partial charge on any atom is -0.461 e. The molecule has 2 aromatic rings. The molecule has 0 radical (unpaired) electrons. The van der Waals surface area contributed by atoms with Crippen molar-refractivity contribution in [3.05, 3.63) is 27.1 Å². The van der Waals surface area contributed by atoms with Crippen LogP contribution in [0.4, 0.5) is 0 Å². The minimum absolute atomic E-state index is 0.00227. The molecule has 2 atom stereocenters. The van der Waals surface area contributed by atoms with Crippen LogP contribution >= 0.6 is 11.3 Å². The predicted octanol–water partition coefficient (Wildman–Crippen LogP) is 3.46. The average Bonchev–Trinajstić information content (AvgIpc) is 2.96. The van der Waals surface area contributed by atoms with E-state index in [0.29, 0.717) is 5.92 Å². The Kier molecular flexibility index (Phi) is 4.63. The van der Waals surface area contributed by atoms with Gasteiger partial charge in [-0.05, 0) is 56.4 Å². The number of carbonyl (C=O) groups is 1. The van der Waals surface area contributed by atoms with Crippen molar-refractivity contribution in [2.24, 2.45) is 5.92 Å². The second kappa shape index (κ2) is 6.90. The second-order valence-corrected chi connectivity index (χ2v) is 8.54. The predicted molar refractivity (Wildman–Crippen MR) is 98.0 cm³/mol. The Morgan fingerprint density at radius 3 is 3.00 bits per heavy atom. The molecule has 2 aliphatic carbocycles. The molecule has 0 aliphatic heterocycles. The van der Waals surface area contributed by atoms with E-state index in [4.69, 9.17) is 4.74 Å². The van der Waals surface area contributed by atoms with Crippen LogP contribution in [0.3, 0.4) is 0 Å². The van der Waals surface area contributed by atoms with Gasteiger partial charge in [-0.2, -0.15) is 0 Å². The largest absolute Gasteiger partial charge is 0.461 e. The van der Waals surface area contributed by atoms with Gasteiger partial charge in [-0.3, -0.25) is 14.2 Å². The van der Waals surface area contributed by atoms with E-state index in [9.17, 15) is 9.59 Å². The number of esters is 1. The maximum Gasteiger partial charge on any atom is 0.326 e. The van der Waals surface area contributed by atoms with Gasteiger partial charge in [0.25, 0.3) is 5.56 Å². The monoisotopic (exact) mass is 360 g/mol. The third-order valence-corrected chi connectivity index (χ3v) is 6.63. The van der Waals surface area contributed by atoms with Crippen LogP contribution in [-0.4, -0.2) is 21.6 Å². The Morgan fingerprint density at radius 1 is 1.32 bits per heavy atom. The molecule has 0 amide bonds. The van der Waals surface area contributed by atoms with E-state index in [-0.39, 0.29) is 24.2 Å². The number of ether oxygens (including phenoxy) is 1. The van der Waals surface area contributed by atoms with Crippen molar-refractivity contribution in [1.29, 1.82) is 0 Å². The standard InChI is InChI=1S/C19H24N2O3S/c1-12-5-4-6-13(9-12)24-16(22)10-21-11-20-18-17(19(21)23)14-7-2-3-8-15(14)25-18/h11-13H,2-10H2,1H3/t12-,13+/m1/s1. The molecule has 5 nitrogen and oxygen atoms in total. The number of fused-ring (bicyclic) bond motifs is 3. The molecule has 0 spiro atoms. The molecular weight excluding hydrogens is 336 g/mol. The van der Waals surface area contributed by atoms with Crippen LogP contribution in [0.5, 0.6) is 0 Å². The van der Waals surface area contributed by atoms with Gasteiger partial charge in [-0.25, -0.2) is 4.98 Å². The van der Waals surface area contributed by atoms with Gasteiger partial charge < -0.3 is 4.74 Å². The molecule has 2 aliphatic rings. The Hall–Kier alpha value is -1.69. The average molecular weight is 360 g/mol. The summed E-state index contributed by atoms with van der Waals surface area (Å²) in [4.78, 5) is 31.7. The molecular formula is C19H24N2O3S. The van der Waals surface area contributed by atoms with Crippen molar-refractivity contribution in [1.82, 2.24) is 9.55 Å². The molecule has 1 saturated carbocycles. The summed E-state index contributed by atoms with van der Waals surface area (Å²) >= 11 is 1.63. The number of carbonyl (C=O) groups excluding carboxylic acids is 1. The third-order valence-electron chi connectivity index (χ3n) is 5.43. The van der Waals surface area contributed by atoms with E-state index in [1.54, 1.807) is 11.3 Å². The molecule has 0 bridgehead atoms. The molecule has 2 aromatic heterocycles. The van der Waals surface area contributed by atoms with Gasteiger partial charge in [-0.1, -0.05) is 13.3 Å². The molecule has 4 rings (SSSR count). The molecule has 134 valence electrons. The lowest BCUT2D eigenvalue weighted by Crippen LogP contribution is -2.30. The van der Waals surface area contributed by atoms with E-state index < -0.39 is 0 Å².